The average molecular weight is 214 g/mol. The van der Waals surface area contributed by atoms with Gasteiger partial charge in [0.05, 0.1) is 6.61 Å². The predicted octanol–water partition coefficient (Wildman–Crippen LogP) is 1.34. The molecule has 1 fully saturated rings. The summed E-state index contributed by atoms with van der Waals surface area (Å²) in [5.74, 6) is 0.924. The van der Waals surface area contributed by atoms with E-state index in [2.05, 4.69) is 31.2 Å². The molecule has 15 heavy (non-hydrogen) atoms. The number of rotatable bonds is 8. The van der Waals surface area contributed by atoms with E-state index in [9.17, 15) is 0 Å². The summed E-state index contributed by atoms with van der Waals surface area (Å²) in [6, 6.07) is 1.21. The van der Waals surface area contributed by atoms with E-state index in [1.54, 1.807) is 7.11 Å². The zero-order valence-corrected chi connectivity index (χ0v) is 10.6. The number of likely N-dealkylation sites (N-methyl/N-ethyl adjacent to an activating group) is 1. The molecule has 0 radical (unpaired) electrons. The normalized spacial score (nSPS) is 20.6. The number of hydrogen-bond donors (Lipinski definition) is 1. The van der Waals surface area contributed by atoms with Crippen LogP contribution in [0.4, 0.5) is 0 Å². The molecule has 1 aliphatic rings. The van der Waals surface area contributed by atoms with Crippen molar-refractivity contribution in [3.05, 3.63) is 0 Å². The van der Waals surface area contributed by atoms with Gasteiger partial charge < -0.3 is 15.0 Å². The monoisotopic (exact) mass is 214 g/mol. The fourth-order valence-electron chi connectivity index (χ4n) is 2.06. The van der Waals surface area contributed by atoms with Crippen LogP contribution in [0.3, 0.4) is 0 Å². The molecule has 1 saturated carbocycles. The first-order valence-corrected chi connectivity index (χ1v) is 6.07. The molecule has 0 aromatic rings. The second-order valence-corrected chi connectivity index (χ2v) is 4.84. The minimum atomic E-state index is 0.510. The Morgan fingerprint density at radius 1 is 1.40 bits per heavy atom. The fraction of sp³-hybridized carbons (Fsp3) is 1.00. The van der Waals surface area contributed by atoms with Gasteiger partial charge >= 0.3 is 0 Å². The smallest absolute Gasteiger partial charge is 0.0615 e. The number of methoxy groups -OCH3 is 1. The van der Waals surface area contributed by atoms with Gasteiger partial charge in [-0.15, -0.1) is 0 Å². The van der Waals surface area contributed by atoms with E-state index in [0.29, 0.717) is 12.1 Å². The van der Waals surface area contributed by atoms with Crippen LogP contribution >= 0.6 is 0 Å². The molecule has 0 spiro atoms. The highest BCUT2D eigenvalue weighted by atomic mass is 16.5. The van der Waals surface area contributed by atoms with Crippen LogP contribution in [-0.4, -0.2) is 51.3 Å². The number of hydrogen-bond acceptors (Lipinski definition) is 3. The van der Waals surface area contributed by atoms with Crippen molar-refractivity contribution in [1.82, 2.24) is 10.2 Å². The minimum absolute atomic E-state index is 0.510. The lowest BCUT2D eigenvalue weighted by Gasteiger charge is -2.27. The maximum atomic E-state index is 5.19. The molecule has 1 aliphatic carbocycles. The molecule has 0 bridgehead atoms. The van der Waals surface area contributed by atoms with Crippen LogP contribution in [0.15, 0.2) is 0 Å². The molecule has 0 aliphatic heterocycles. The van der Waals surface area contributed by atoms with E-state index in [4.69, 9.17) is 4.74 Å². The molecule has 0 aromatic heterocycles. The van der Waals surface area contributed by atoms with Crippen LogP contribution in [0.2, 0.25) is 0 Å². The Bertz CT molecular complexity index is 167. The van der Waals surface area contributed by atoms with Crippen molar-refractivity contribution in [3.63, 3.8) is 0 Å². The summed E-state index contributed by atoms with van der Waals surface area (Å²) in [5.41, 5.74) is 0. The highest BCUT2D eigenvalue weighted by Crippen LogP contribution is 2.34. The van der Waals surface area contributed by atoms with Gasteiger partial charge in [-0.05, 0) is 39.3 Å². The van der Waals surface area contributed by atoms with E-state index in [-0.39, 0.29) is 0 Å². The first kappa shape index (κ1) is 12.9. The average Bonchev–Trinajstić information content (AvgIpc) is 3.00. The molecule has 2 unspecified atom stereocenters. The minimum Gasteiger partial charge on any atom is -0.383 e. The van der Waals surface area contributed by atoms with Gasteiger partial charge in [0, 0.05) is 25.7 Å². The third kappa shape index (κ3) is 4.49. The molecule has 0 amide bonds. The van der Waals surface area contributed by atoms with Gasteiger partial charge in [-0.1, -0.05) is 6.92 Å². The van der Waals surface area contributed by atoms with Crippen LogP contribution in [-0.2, 0) is 4.74 Å². The topological polar surface area (TPSA) is 24.5 Å². The highest BCUT2D eigenvalue weighted by molar-refractivity contribution is 4.88. The summed E-state index contributed by atoms with van der Waals surface area (Å²) in [4.78, 5) is 2.35. The lowest BCUT2D eigenvalue weighted by Crippen LogP contribution is -2.44. The highest BCUT2D eigenvalue weighted by Gasteiger charge is 2.32. The lowest BCUT2D eigenvalue weighted by molar-refractivity contribution is 0.156. The SMILES string of the molecule is CCC(COC)NCC(C1CC1)N(C)C. The number of ether oxygens (including phenoxy) is 1. The Hall–Kier alpha value is -0.120. The van der Waals surface area contributed by atoms with Gasteiger partial charge in [-0.2, -0.15) is 0 Å². The second kappa shape index (κ2) is 6.46. The predicted molar refractivity (Wildman–Crippen MR) is 64.2 cm³/mol. The lowest BCUT2D eigenvalue weighted by atomic mass is 10.1. The first-order chi connectivity index (χ1) is 7.19. The largest absolute Gasteiger partial charge is 0.383 e. The summed E-state index contributed by atoms with van der Waals surface area (Å²) in [7, 11) is 6.14. The molecule has 3 nitrogen and oxygen atoms in total. The molecular weight excluding hydrogens is 188 g/mol. The van der Waals surface area contributed by atoms with Crippen LogP contribution in [0.1, 0.15) is 26.2 Å². The van der Waals surface area contributed by atoms with Crippen molar-refractivity contribution in [1.29, 1.82) is 0 Å². The van der Waals surface area contributed by atoms with Crippen LogP contribution in [0.5, 0.6) is 0 Å². The first-order valence-electron chi connectivity index (χ1n) is 6.07. The molecule has 90 valence electrons. The third-order valence-corrected chi connectivity index (χ3v) is 3.31. The zero-order valence-electron chi connectivity index (χ0n) is 10.6. The van der Waals surface area contributed by atoms with Crippen LogP contribution in [0.25, 0.3) is 0 Å². The number of nitrogens with zero attached hydrogens (tertiary/aromatic N) is 1. The molecule has 0 aromatic carbocycles. The molecule has 1 N–H and O–H groups in total. The van der Waals surface area contributed by atoms with E-state index in [0.717, 1.165) is 25.5 Å². The standard InChI is InChI=1S/C12H26N2O/c1-5-11(9-15-4)13-8-12(14(2)3)10-6-7-10/h10-13H,5-9H2,1-4H3. The molecule has 0 saturated heterocycles. The molecule has 0 heterocycles. The summed E-state index contributed by atoms with van der Waals surface area (Å²) in [6.07, 6.45) is 3.95. The van der Waals surface area contributed by atoms with Crippen molar-refractivity contribution >= 4 is 0 Å². The van der Waals surface area contributed by atoms with Gasteiger partial charge in [-0.25, -0.2) is 0 Å². The van der Waals surface area contributed by atoms with Gasteiger partial charge in [0.15, 0.2) is 0 Å². The van der Waals surface area contributed by atoms with Crippen LogP contribution < -0.4 is 5.32 Å². The molecule has 1 rings (SSSR count). The quantitative estimate of drug-likeness (QED) is 0.660. The van der Waals surface area contributed by atoms with Crippen molar-refractivity contribution in [2.75, 3.05) is 34.4 Å². The Morgan fingerprint density at radius 3 is 2.47 bits per heavy atom. The summed E-state index contributed by atoms with van der Waals surface area (Å²) in [6.45, 7) is 4.12. The summed E-state index contributed by atoms with van der Waals surface area (Å²) >= 11 is 0. The second-order valence-electron chi connectivity index (χ2n) is 4.84. The van der Waals surface area contributed by atoms with Crippen molar-refractivity contribution in [2.45, 2.75) is 38.3 Å². The Balaban J connectivity index is 2.25. The Labute approximate surface area is 94.2 Å². The van der Waals surface area contributed by atoms with Gasteiger partial charge in [0.1, 0.15) is 0 Å². The Morgan fingerprint density at radius 2 is 2.07 bits per heavy atom. The van der Waals surface area contributed by atoms with Gasteiger partial charge in [-0.3, -0.25) is 0 Å². The van der Waals surface area contributed by atoms with Crippen molar-refractivity contribution < 1.29 is 4.74 Å². The molecule has 2 atom stereocenters. The fourth-order valence-corrected chi connectivity index (χ4v) is 2.06. The van der Waals surface area contributed by atoms with Crippen molar-refractivity contribution in [2.24, 2.45) is 5.92 Å². The van der Waals surface area contributed by atoms with E-state index in [1.165, 1.54) is 12.8 Å². The zero-order chi connectivity index (χ0) is 11.3. The van der Waals surface area contributed by atoms with E-state index >= 15 is 0 Å². The van der Waals surface area contributed by atoms with E-state index in [1.807, 2.05) is 0 Å². The van der Waals surface area contributed by atoms with Gasteiger partial charge in [0.2, 0.25) is 0 Å². The Kier molecular flexibility index (Phi) is 5.58. The maximum Gasteiger partial charge on any atom is 0.0615 e. The maximum absolute atomic E-state index is 5.19. The molecular formula is C12H26N2O. The third-order valence-electron chi connectivity index (χ3n) is 3.31. The van der Waals surface area contributed by atoms with E-state index < -0.39 is 0 Å². The van der Waals surface area contributed by atoms with Crippen LogP contribution in [0, 0.1) is 5.92 Å². The van der Waals surface area contributed by atoms with Gasteiger partial charge in [0.25, 0.3) is 0 Å². The number of nitrogens with one attached hydrogen (secondary N) is 1. The summed E-state index contributed by atoms with van der Waals surface area (Å²) in [5, 5.41) is 3.61. The molecule has 3 heteroatoms. The van der Waals surface area contributed by atoms with Crippen molar-refractivity contribution in [3.8, 4) is 0 Å². The summed E-state index contributed by atoms with van der Waals surface area (Å²) < 4.78 is 5.19.